The molecule has 2 heterocycles. The molecule has 146 valence electrons. The van der Waals surface area contributed by atoms with Crippen LogP contribution in [0.5, 0.6) is 0 Å². The van der Waals surface area contributed by atoms with E-state index >= 15 is 0 Å². The van der Waals surface area contributed by atoms with Crippen LogP contribution in [-0.2, 0) is 13.1 Å². The molecule has 0 unspecified atom stereocenters. The summed E-state index contributed by atoms with van der Waals surface area (Å²) in [4.78, 5) is 21.9. The van der Waals surface area contributed by atoms with Crippen molar-refractivity contribution in [1.82, 2.24) is 20.2 Å². The van der Waals surface area contributed by atoms with Crippen molar-refractivity contribution in [3.63, 3.8) is 0 Å². The van der Waals surface area contributed by atoms with E-state index in [1.807, 2.05) is 54.4 Å². The number of aromatic nitrogens is 2. The average molecular weight is 395 g/mol. The maximum absolute atomic E-state index is 12.7. The summed E-state index contributed by atoms with van der Waals surface area (Å²) in [5.41, 5.74) is 3.63. The van der Waals surface area contributed by atoms with Crippen LogP contribution in [0.3, 0.4) is 0 Å². The molecular weight excluding hydrogens is 368 g/mol. The fraction of sp³-hybridized carbons (Fsp3) is 0.318. The van der Waals surface area contributed by atoms with Gasteiger partial charge in [-0.3, -0.25) is 9.78 Å². The number of hydrogen-bond donors (Lipinski definition) is 2. The van der Waals surface area contributed by atoms with E-state index in [9.17, 15) is 4.79 Å². The van der Waals surface area contributed by atoms with Gasteiger partial charge < -0.3 is 15.2 Å². The Balaban J connectivity index is 1.88. The third-order valence-corrected chi connectivity index (χ3v) is 4.89. The van der Waals surface area contributed by atoms with Gasteiger partial charge in [-0.25, -0.2) is 0 Å². The van der Waals surface area contributed by atoms with Crippen molar-refractivity contribution in [3.8, 4) is 0 Å². The smallest absolute Gasteiger partial charge is 0.253 e. The topological polar surface area (TPSA) is 61.0 Å². The van der Waals surface area contributed by atoms with Gasteiger partial charge in [-0.2, -0.15) is 0 Å². The van der Waals surface area contributed by atoms with Crippen molar-refractivity contribution in [2.24, 2.45) is 5.92 Å². The summed E-state index contributed by atoms with van der Waals surface area (Å²) in [6.45, 7) is 8.09. The fourth-order valence-corrected chi connectivity index (χ4v) is 3.21. The highest BCUT2D eigenvalue weighted by Gasteiger charge is 2.14. The minimum Gasteiger partial charge on any atom is -0.362 e. The van der Waals surface area contributed by atoms with Crippen molar-refractivity contribution in [2.75, 3.05) is 6.54 Å². The second-order valence-electron chi connectivity index (χ2n) is 7.51. The van der Waals surface area contributed by atoms with Crippen molar-refractivity contribution >= 4 is 28.2 Å². The molecule has 0 spiro atoms. The Morgan fingerprint density at radius 2 is 2.07 bits per heavy atom. The molecule has 0 radical (unpaired) electrons. The van der Waals surface area contributed by atoms with Crippen LogP contribution in [0.25, 0.3) is 10.9 Å². The van der Waals surface area contributed by atoms with Crippen LogP contribution in [0.2, 0.25) is 0 Å². The quantitative estimate of drug-likeness (QED) is 0.623. The number of benzene rings is 1. The second-order valence-corrected chi connectivity index (χ2v) is 7.90. The second kappa shape index (κ2) is 8.97. The number of aryl methyl sites for hydroxylation is 1. The summed E-state index contributed by atoms with van der Waals surface area (Å²) in [5, 5.41) is 4.97. The van der Waals surface area contributed by atoms with E-state index in [4.69, 9.17) is 12.2 Å². The van der Waals surface area contributed by atoms with Gasteiger partial charge in [-0.1, -0.05) is 32.0 Å². The van der Waals surface area contributed by atoms with Crippen LogP contribution in [0, 0.1) is 12.8 Å². The molecule has 5 nitrogen and oxygen atoms in total. The van der Waals surface area contributed by atoms with Gasteiger partial charge in [0.25, 0.3) is 5.56 Å². The van der Waals surface area contributed by atoms with Crippen LogP contribution >= 0.6 is 12.2 Å². The number of nitrogens with one attached hydrogen (secondary N) is 2. The van der Waals surface area contributed by atoms with Gasteiger partial charge in [-0.05, 0) is 59.8 Å². The van der Waals surface area contributed by atoms with E-state index in [0.717, 1.165) is 28.6 Å². The normalized spacial score (nSPS) is 11.0. The highest BCUT2D eigenvalue weighted by atomic mass is 32.1. The standard InChI is InChI=1S/C22H26N4OS/c1-15(2)11-24-22(28)26(13-17-5-4-8-23-12-17)14-19-10-18-7-6-16(3)9-20(18)25-21(19)27/h4-10,12,15H,11,13-14H2,1-3H3,(H,24,28)(H,25,27). The van der Waals surface area contributed by atoms with E-state index in [2.05, 4.69) is 29.1 Å². The number of rotatable bonds is 6. The first-order chi connectivity index (χ1) is 13.4. The molecule has 3 aromatic rings. The Hall–Kier alpha value is -2.73. The summed E-state index contributed by atoms with van der Waals surface area (Å²) in [6, 6.07) is 11.9. The summed E-state index contributed by atoms with van der Waals surface area (Å²) < 4.78 is 0. The van der Waals surface area contributed by atoms with Crippen molar-refractivity contribution in [3.05, 3.63) is 75.8 Å². The molecule has 2 aromatic heterocycles. The molecular formula is C22H26N4OS. The lowest BCUT2D eigenvalue weighted by molar-refractivity contribution is 0.393. The Bertz CT molecular complexity index is 1010. The van der Waals surface area contributed by atoms with Crippen molar-refractivity contribution in [2.45, 2.75) is 33.9 Å². The minimum absolute atomic E-state index is 0.0825. The molecule has 3 rings (SSSR count). The van der Waals surface area contributed by atoms with Crippen LogP contribution in [0.4, 0.5) is 0 Å². The predicted octanol–water partition coefficient (Wildman–Crippen LogP) is 3.76. The number of aromatic amines is 1. The molecule has 6 heteroatoms. The number of thiocarbonyl (C=S) groups is 1. The minimum atomic E-state index is -0.0825. The zero-order chi connectivity index (χ0) is 20.1. The third-order valence-electron chi connectivity index (χ3n) is 4.48. The molecule has 0 fully saturated rings. The van der Waals surface area contributed by atoms with E-state index < -0.39 is 0 Å². The largest absolute Gasteiger partial charge is 0.362 e. The summed E-state index contributed by atoms with van der Waals surface area (Å²) in [5.74, 6) is 0.477. The fourth-order valence-electron chi connectivity index (χ4n) is 3.00. The number of H-pyrrole nitrogens is 1. The van der Waals surface area contributed by atoms with Gasteiger partial charge in [0.05, 0.1) is 6.54 Å². The Morgan fingerprint density at radius 1 is 1.25 bits per heavy atom. The monoisotopic (exact) mass is 394 g/mol. The highest BCUT2D eigenvalue weighted by molar-refractivity contribution is 7.80. The summed E-state index contributed by atoms with van der Waals surface area (Å²) >= 11 is 5.63. The first-order valence-corrected chi connectivity index (χ1v) is 9.87. The maximum Gasteiger partial charge on any atom is 0.253 e. The molecule has 2 N–H and O–H groups in total. The molecule has 0 aliphatic heterocycles. The van der Waals surface area contributed by atoms with E-state index in [0.29, 0.717) is 29.7 Å². The van der Waals surface area contributed by atoms with Gasteiger partial charge in [-0.15, -0.1) is 0 Å². The zero-order valence-electron chi connectivity index (χ0n) is 16.5. The van der Waals surface area contributed by atoms with Gasteiger partial charge in [0.2, 0.25) is 0 Å². The van der Waals surface area contributed by atoms with Gasteiger partial charge in [0.15, 0.2) is 5.11 Å². The molecule has 28 heavy (non-hydrogen) atoms. The first-order valence-electron chi connectivity index (χ1n) is 9.46. The lowest BCUT2D eigenvalue weighted by Crippen LogP contribution is -2.41. The van der Waals surface area contributed by atoms with Crippen molar-refractivity contribution < 1.29 is 0 Å². The molecule has 0 saturated heterocycles. The van der Waals surface area contributed by atoms with Crippen LogP contribution < -0.4 is 10.9 Å². The van der Waals surface area contributed by atoms with Crippen LogP contribution in [-0.4, -0.2) is 26.5 Å². The van der Waals surface area contributed by atoms with Gasteiger partial charge in [0, 0.05) is 36.6 Å². The molecule has 0 bridgehead atoms. The predicted molar refractivity (Wildman–Crippen MR) is 118 cm³/mol. The number of fused-ring (bicyclic) bond motifs is 1. The molecule has 0 aliphatic rings. The number of pyridine rings is 2. The molecule has 0 aliphatic carbocycles. The average Bonchev–Trinajstić information content (AvgIpc) is 2.67. The van der Waals surface area contributed by atoms with Crippen molar-refractivity contribution in [1.29, 1.82) is 0 Å². The van der Waals surface area contributed by atoms with E-state index in [1.54, 1.807) is 6.20 Å². The third kappa shape index (κ3) is 5.16. The van der Waals surface area contributed by atoms with E-state index in [-0.39, 0.29) is 5.56 Å². The Kier molecular flexibility index (Phi) is 6.41. The van der Waals surface area contributed by atoms with Crippen LogP contribution in [0.15, 0.2) is 53.6 Å². The highest BCUT2D eigenvalue weighted by Crippen LogP contribution is 2.15. The summed E-state index contributed by atoms with van der Waals surface area (Å²) in [7, 11) is 0. The Morgan fingerprint density at radius 3 is 2.79 bits per heavy atom. The summed E-state index contributed by atoms with van der Waals surface area (Å²) in [6.07, 6.45) is 3.57. The number of hydrogen-bond acceptors (Lipinski definition) is 3. The van der Waals surface area contributed by atoms with Gasteiger partial charge in [0.1, 0.15) is 0 Å². The van der Waals surface area contributed by atoms with Gasteiger partial charge >= 0.3 is 0 Å². The van der Waals surface area contributed by atoms with E-state index in [1.165, 1.54) is 0 Å². The maximum atomic E-state index is 12.7. The molecule has 1 aromatic carbocycles. The SMILES string of the molecule is Cc1ccc2cc(CN(Cc3cccnc3)C(=S)NCC(C)C)c(=O)[nH]c2c1. The zero-order valence-corrected chi connectivity index (χ0v) is 17.3. The molecule has 0 saturated carbocycles. The van der Waals surface area contributed by atoms with Crippen LogP contribution in [0.1, 0.15) is 30.5 Å². The first kappa shape index (κ1) is 20.0. The molecule has 0 amide bonds. The Labute approximate surface area is 170 Å². The lowest BCUT2D eigenvalue weighted by atomic mass is 10.1. The molecule has 0 atom stereocenters. The lowest BCUT2D eigenvalue weighted by Gasteiger charge is -2.26. The number of nitrogens with zero attached hydrogens (tertiary/aromatic N) is 2.